The van der Waals surface area contributed by atoms with Gasteiger partial charge in [-0.3, -0.25) is 9.59 Å². The molecule has 0 aromatic heterocycles. The number of rotatable bonds is 7. The second-order valence-corrected chi connectivity index (χ2v) is 8.09. The Kier molecular flexibility index (Phi) is 7.01. The van der Waals surface area contributed by atoms with Crippen molar-refractivity contribution in [2.75, 3.05) is 26.1 Å². The Balaban J connectivity index is 1.50. The van der Waals surface area contributed by atoms with Crippen LogP contribution < -0.4 is 19.5 Å². The van der Waals surface area contributed by atoms with Crippen LogP contribution in [-0.2, 0) is 17.8 Å². The van der Waals surface area contributed by atoms with Crippen LogP contribution in [-0.4, -0.2) is 43.6 Å². The predicted molar refractivity (Wildman–Crippen MR) is 130 cm³/mol. The summed E-state index contributed by atoms with van der Waals surface area (Å²) in [5.74, 6) is 1.83. The Labute approximate surface area is 199 Å². The molecule has 3 aromatic carbocycles. The zero-order valence-electron chi connectivity index (χ0n) is 19.5. The molecule has 7 heteroatoms. The molecule has 0 saturated carbocycles. The molecule has 0 spiro atoms. The van der Waals surface area contributed by atoms with Crippen LogP contribution in [0.5, 0.6) is 17.2 Å². The highest BCUT2D eigenvalue weighted by molar-refractivity contribution is 6.04. The molecule has 1 aliphatic rings. The lowest BCUT2D eigenvalue weighted by molar-refractivity contribution is -0.137. The van der Waals surface area contributed by atoms with Crippen LogP contribution in [0.3, 0.4) is 0 Å². The number of hydrogen-bond donors (Lipinski definition) is 1. The van der Waals surface area contributed by atoms with E-state index in [1.54, 1.807) is 62.4 Å². The Bertz CT molecular complexity index is 1180. The minimum Gasteiger partial charge on any atom is -0.497 e. The molecular weight excluding hydrogens is 432 g/mol. The van der Waals surface area contributed by atoms with Crippen LogP contribution in [0.15, 0.2) is 66.7 Å². The van der Waals surface area contributed by atoms with E-state index in [0.717, 1.165) is 16.9 Å². The fourth-order valence-corrected chi connectivity index (χ4v) is 3.98. The molecule has 176 valence electrons. The Morgan fingerprint density at radius 3 is 2.56 bits per heavy atom. The summed E-state index contributed by atoms with van der Waals surface area (Å²) in [6.07, 6.45) is 0.0600. The number of carbonyl (C=O) groups excluding carboxylic acids is 2. The average molecular weight is 461 g/mol. The van der Waals surface area contributed by atoms with Gasteiger partial charge in [0.2, 0.25) is 0 Å². The minimum atomic E-state index is -0.598. The first-order chi connectivity index (χ1) is 16.5. The van der Waals surface area contributed by atoms with Gasteiger partial charge >= 0.3 is 0 Å². The first-order valence-electron chi connectivity index (χ1n) is 11.1. The third kappa shape index (κ3) is 5.14. The van der Waals surface area contributed by atoms with Crippen molar-refractivity contribution >= 4 is 17.5 Å². The second kappa shape index (κ2) is 10.3. The number of para-hydroxylation sites is 1. The Morgan fingerprint density at radius 1 is 1.06 bits per heavy atom. The molecule has 7 nitrogen and oxygen atoms in total. The zero-order chi connectivity index (χ0) is 24.1. The number of amides is 2. The highest BCUT2D eigenvalue weighted by atomic mass is 16.5. The third-order valence-corrected chi connectivity index (χ3v) is 5.84. The Morgan fingerprint density at radius 2 is 1.82 bits per heavy atom. The lowest BCUT2D eigenvalue weighted by Gasteiger charge is -2.22. The van der Waals surface area contributed by atoms with E-state index in [-0.39, 0.29) is 11.8 Å². The number of ether oxygens (including phenoxy) is 3. The highest BCUT2D eigenvalue weighted by Crippen LogP contribution is 2.29. The predicted octanol–water partition coefficient (Wildman–Crippen LogP) is 4.31. The van der Waals surface area contributed by atoms with E-state index >= 15 is 0 Å². The van der Waals surface area contributed by atoms with Crippen molar-refractivity contribution in [3.63, 3.8) is 0 Å². The normalized spacial score (nSPS) is 15.1. The molecule has 3 aromatic rings. The second-order valence-electron chi connectivity index (χ2n) is 8.09. The quantitative estimate of drug-likeness (QED) is 0.569. The molecular formula is C27H28N2O5. The fraction of sp³-hybridized carbons (Fsp3) is 0.259. The first kappa shape index (κ1) is 23.2. The molecule has 1 aliphatic heterocycles. The summed E-state index contributed by atoms with van der Waals surface area (Å²) >= 11 is 0. The number of fused-ring (bicyclic) bond motifs is 1. The van der Waals surface area contributed by atoms with E-state index in [1.807, 2.05) is 30.3 Å². The van der Waals surface area contributed by atoms with E-state index < -0.39 is 6.10 Å². The van der Waals surface area contributed by atoms with Crippen molar-refractivity contribution in [3.8, 4) is 17.2 Å². The van der Waals surface area contributed by atoms with E-state index in [1.165, 1.54) is 0 Å². The van der Waals surface area contributed by atoms with Crippen LogP contribution in [0.4, 0.5) is 5.69 Å². The molecule has 34 heavy (non-hydrogen) atoms. The maximum atomic E-state index is 13.0. The molecule has 0 unspecified atom stereocenters. The number of anilines is 1. The minimum absolute atomic E-state index is 0.0742. The lowest BCUT2D eigenvalue weighted by atomic mass is 10.1. The monoisotopic (exact) mass is 460 g/mol. The number of hydrogen-bond acceptors (Lipinski definition) is 5. The van der Waals surface area contributed by atoms with Crippen LogP contribution in [0.2, 0.25) is 0 Å². The van der Waals surface area contributed by atoms with Gasteiger partial charge in [-0.2, -0.15) is 0 Å². The number of carbonyl (C=O) groups is 2. The molecule has 1 atom stereocenters. The van der Waals surface area contributed by atoms with Gasteiger partial charge < -0.3 is 24.4 Å². The van der Waals surface area contributed by atoms with Crippen LogP contribution in [0.25, 0.3) is 0 Å². The van der Waals surface area contributed by atoms with E-state index in [9.17, 15) is 9.59 Å². The Hall–Kier alpha value is -4.00. The van der Waals surface area contributed by atoms with Gasteiger partial charge in [0.15, 0.2) is 6.10 Å². The van der Waals surface area contributed by atoms with Crippen molar-refractivity contribution in [2.24, 2.45) is 0 Å². The molecule has 4 rings (SSSR count). The van der Waals surface area contributed by atoms with Gasteiger partial charge in [0.25, 0.3) is 11.8 Å². The van der Waals surface area contributed by atoms with Crippen molar-refractivity contribution in [1.29, 1.82) is 0 Å². The summed E-state index contributed by atoms with van der Waals surface area (Å²) in [5, 5.41) is 2.92. The summed E-state index contributed by atoms with van der Waals surface area (Å²) in [6, 6.07) is 20.1. The fourth-order valence-electron chi connectivity index (χ4n) is 3.98. The topological polar surface area (TPSA) is 77.1 Å². The van der Waals surface area contributed by atoms with Gasteiger partial charge in [0.05, 0.1) is 14.2 Å². The van der Waals surface area contributed by atoms with Gasteiger partial charge in [-0.15, -0.1) is 0 Å². The van der Waals surface area contributed by atoms with Crippen molar-refractivity contribution in [3.05, 3.63) is 83.4 Å². The number of benzene rings is 3. The van der Waals surface area contributed by atoms with Crippen molar-refractivity contribution in [1.82, 2.24) is 4.90 Å². The van der Waals surface area contributed by atoms with Crippen LogP contribution >= 0.6 is 0 Å². The molecule has 0 radical (unpaired) electrons. The van der Waals surface area contributed by atoms with Crippen molar-refractivity contribution < 1.29 is 23.8 Å². The maximum absolute atomic E-state index is 13.0. The molecule has 0 saturated heterocycles. The van der Waals surface area contributed by atoms with Gasteiger partial charge in [-0.25, -0.2) is 0 Å². The molecule has 0 fully saturated rings. The summed E-state index contributed by atoms with van der Waals surface area (Å²) in [6.45, 7) is 2.67. The average Bonchev–Trinajstić information content (AvgIpc) is 2.98. The first-order valence-corrected chi connectivity index (χ1v) is 11.1. The molecule has 1 heterocycles. The van der Waals surface area contributed by atoms with Gasteiger partial charge in [-0.05, 0) is 67.4 Å². The number of methoxy groups -OCH3 is 2. The number of nitrogens with one attached hydrogen (secondary N) is 1. The molecule has 0 aliphatic carbocycles. The van der Waals surface area contributed by atoms with Gasteiger partial charge in [-0.1, -0.05) is 18.2 Å². The van der Waals surface area contributed by atoms with Gasteiger partial charge in [0.1, 0.15) is 17.2 Å². The third-order valence-electron chi connectivity index (χ3n) is 5.84. The molecule has 1 N–H and O–H groups in total. The summed E-state index contributed by atoms with van der Waals surface area (Å²) < 4.78 is 16.5. The largest absolute Gasteiger partial charge is 0.497 e. The zero-order valence-corrected chi connectivity index (χ0v) is 19.5. The highest BCUT2D eigenvalue weighted by Gasteiger charge is 2.28. The lowest BCUT2D eigenvalue weighted by Crippen LogP contribution is -2.39. The van der Waals surface area contributed by atoms with E-state index in [2.05, 4.69) is 5.32 Å². The van der Waals surface area contributed by atoms with Crippen LogP contribution in [0, 0.1) is 0 Å². The smallest absolute Gasteiger partial charge is 0.263 e. The van der Waals surface area contributed by atoms with E-state index in [4.69, 9.17) is 14.2 Å². The van der Waals surface area contributed by atoms with E-state index in [0.29, 0.717) is 42.3 Å². The standard InChI is InChI=1S/C27H28N2O5/c1-18-27(31)29(15-14-19-6-4-5-7-24(19)33-3)17-21-16-22(10-13-25(21)34-18)28-26(30)20-8-11-23(32-2)12-9-20/h4-13,16,18H,14-15,17H2,1-3H3,(H,28,30)/t18-/m0/s1. The summed E-state index contributed by atoms with van der Waals surface area (Å²) in [4.78, 5) is 27.4. The molecule has 2 amide bonds. The molecule has 0 bridgehead atoms. The van der Waals surface area contributed by atoms with Crippen LogP contribution in [0.1, 0.15) is 28.4 Å². The number of nitrogens with zero attached hydrogens (tertiary/aromatic N) is 1. The van der Waals surface area contributed by atoms with Gasteiger partial charge in [0, 0.05) is 29.9 Å². The summed E-state index contributed by atoms with van der Waals surface area (Å²) in [5.41, 5.74) is 3.03. The van der Waals surface area contributed by atoms with Crippen molar-refractivity contribution in [2.45, 2.75) is 26.0 Å². The SMILES string of the molecule is COc1ccc(C(=O)Nc2ccc3c(c2)CN(CCc2ccccc2OC)C(=O)[C@H](C)O3)cc1. The maximum Gasteiger partial charge on any atom is 0.263 e. The summed E-state index contributed by atoms with van der Waals surface area (Å²) in [7, 11) is 3.22.